The third-order valence-corrected chi connectivity index (χ3v) is 5.72. The lowest BCUT2D eigenvalue weighted by molar-refractivity contribution is -0.895. The summed E-state index contributed by atoms with van der Waals surface area (Å²) in [6.45, 7) is 4.45. The molecule has 4 rings (SSSR count). The van der Waals surface area contributed by atoms with Crippen LogP contribution < -0.4 is 15.8 Å². The lowest BCUT2D eigenvalue weighted by atomic mass is 10.2. The average Bonchev–Trinajstić information content (AvgIpc) is 3.38. The molecule has 0 aliphatic carbocycles. The Balaban J connectivity index is 1.38. The molecule has 2 amide bonds. The average molecular weight is 424 g/mol. The molecule has 162 valence electrons. The minimum Gasteiger partial charge on any atom is -0.459 e. The summed E-state index contributed by atoms with van der Waals surface area (Å²) in [5, 5.41) is 2.80. The van der Waals surface area contributed by atoms with E-state index in [0.717, 1.165) is 10.6 Å². The summed E-state index contributed by atoms with van der Waals surface area (Å²) >= 11 is 0. The van der Waals surface area contributed by atoms with Gasteiger partial charge in [0, 0.05) is 7.05 Å². The van der Waals surface area contributed by atoms with Crippen molar-refractivity contribution in [1.29, 1.82) is 0 Å². The first-order chi connectivity index (χ1) is 15.0. The Morgan fingerprint density at radius 1 is 1.10 bits per heavy atom. The normalized spacial score (nSPS) is 14.6. The first-order valence-electron chi connectivity index (χ1n) is 10.3. The van der Waals surface area contributed by atoms with Gasteiger partial charge in [0.05, 0.1) is 43.8 Å². The van der Waals surface area contributed by atoms with Crippen molar-refractivity contribution in [1.82, 2.24) is 14.3 Å². The maximum atomic E-state index is 12.9. The molecule has 0 saturated carbocycles. The molecule has 1 fully saturated rings. The fourth-order valence-corrected chi connectivity index (χ4v) is 3.88. The number of carbonyl (C=O) groups is 2. The number of hydrogen-bond acceptors (Lipinski definition) is 4. The molecule has 0 radical (unpaired) electrons. The van der Waals surface area contributed by atoms with Crippen LogP contribution in [0.2, 0.25) is 0 Å². The van der Waals surface area contributed by atoms with Crippen LogP contribution in [-0.4, -0.2) is 58.8 Å². The van der Waals surface area contributed by atoms with E-state index < -0.39 is 0 Å². The second kappa shape index (κ2) is 8.65. The molecule has 3 heterocycles. The summed E-state index contributed by atoms with van der Waals surface area (Å²) in [5.74, 6) is -0.0165. The second-order valence-electron chi connectivity index (χ2n) is 7.68. The third kappa shape index (κ3) is 4.17. The number of benzene rings is 1. The molecule has 0 atom stereocenters. The van der Waals surface area contributed by atoms with E-state index in [0.29, 0.717) is 43.3 Å². The van der Waals surface area contributed by atoms with Crippen molar-refractivity contribution in [2.45, 2.75) is 6.92 Å². The number of aromatic nitrogens is 2. The van der Waals surface area contributed by atoms with Gasteiger partial charge < -0.3 is 19.5 Å². The van der Waals surface area contributed by atoms with Crippen LogP contribution >= 0.6 is 0 Å². The summed E-state index contributed by atoms with van der Waals surface area (Å²) in [6, 6.07) is 12.7. The smallest absolute Gasteiger partial charge is 0.295 e. The van der Waals surface area contributed by atoms with Gasteiger partial charge in [-0.3, -0.25) is 19.1 Å². The predicted molar refractivity (Wildman–Crippen MR) is 115 cm³/mol. The molecule has 0 unspecified atom stereocenters. The number of carbonyl (C=O) groups excluding carboxylic acids is 2. The zero-order chi connectivity index (χ0) is 22.0. The molecule has 9 heteroatoms. The maximum Gasteiger partial charge on any atom is 0.295 e. The van der Waals surface area contributed by atoms with Crippen molar-refractivity contribution < 1.29 is 18.9 Å². The first-order valence-corrected chi connectivity index (χ1v) is 10.3. The molecule has 3 aromatic rings. The van der Waals surface area contributed by atoms with E-state index in [2.05, 4.69) is 5.32 Å². The molecule has 0 bridgehead atoms. The van der Waals surface area contributed by atoms with Gasteiger partial charge in [0.1, 0.15) is 5.69 Å². The van der Waals surface area contributed by atoms with Gasteiger partial charge in [-0.25, -0.2) is 4.68 Å². The van der Waals surface area contributed by atoms with Crippen LogP contribution in [0.25, 0.3) is 5.69 Å². The number of amides is 2. The minimum atomic E-state index is -0.261. The Labute approximate surface area is 179 Å². The van der Waals surface area contributed by atoms with Crippen molar-refractivity contribution in [3.8, 4) is 5.69 Å². The number of nitrogens with zero attached hydrogens (tertiary/aromatic N) is 3. The number of rotatable bonds is 5. The lowest BCUT2D eigenvalue weighted by Crippen LogP contribution is -3.15. The van der Waals surface area contributed by atoms with Gasteiger partial charge in [-0.2, -0.15) is 0 Å². The molecule has 1 aromatic carbocycles. The molecule has 31 heavy (non-hydrogen) atoms. The Bertz CT molecular complexity index is 1120. The molecule has 2 aromatic heterocycles. The van der Waals surface area contributed by atoms with Gasteiger partial charge in [-0.1, -0.05) is 18.2 Å². The maximum absolute atomic E-state index is 12.9. The molecule has 2 N–H and O–H groups in total. The summed E-state index contributed by atoms with van der Waals surface area (Å²) < 4.78 is 8.45. The summed E-state index contributed by atoms with van der Waals surface area (Å²) in [6.07, 6.45) is 1.48. The van der Waals surface area contributed by atoms with Gasteiger partial charge in [0.2, 0.25) is 0 Å². The van der Waals surface area contributed by atoms with Crippen LogP contribution in [0.15, 0.2) is 57.9 Å². The summed E-state index contributed by atoms with van der Waals surface area (Å²) in [5.41, 5.74) is 1.46. The molecule has 0 spiro atoms. The minimum absolute atomic E-state index is 0.130. The Morgan fingerprint density at radius 3 is 2.45 bits per heavy atom. The van der Waals surface area contributed by atoms with Gasteiger partial charge >= 0.3 is 0 Å². The van der Waals surface area contributed by atoms with Crippen LogP contribution in [-0.2, 0) is 11.8 Å². The highest BCUT2D eigenvalue weighted by Crippen LogP contribution is 2.13. The van der Waals surface area contributed by atoms with E-state index in [9.17, 15) is 14.4 Å². The number of piperazine rings is 1. The Morgan fingerprint density at radius 2 is 1.81 bits per heavy atom. The van der Waals surface area contributed by atoms with Gasteiger partial charge in [0.25, 0.3) is 17.4 Å². The zero-order valence-electron chi connectivity index (χ0n) is 17.6. The monoisotopic (exact) mass is 424 g/mol. The number of furan rings is 1. The van der Waals surface area contributed by atoms with Gasteiger partial charge in [-0.15, -0.1) is 0 Å². The quantitative estimate of drug-likeness (QED) is 0.606. The number of hydrogen-bond donors (Lipinski definition) is 2. The molecule has 1 saturated heterocycles. The first kappa shape index (κ1) is 20.7. The van der Waals surface area contributed by atoms with E-state index >= 15 is 0 Å². The topological polar surface area (TPSA) is 93.9 Å². The van der Waals surface area contributed by atoms with E-state index in [1.807, 2.05) is 37.3 Å². The lowest BCUT2D eigenvalue weighted by Gasteiger charge is -2.31. The highest BCUT2D eigenvalue weighted by atomic mass is 16.3. The van der Waals surface area contributed by atoms with Crippen LogP contribution in [0, 0.1) is 6.92 Å². The van der Waals surface area contributed by atoms with Crippen LogP contribution in [0.3, 0.4) is 0 Å². The standard InChI is InChI=1S/C22H25N5O4/c1-16-20(22(30)27(24(16)2)17-7-4-3-5-8-17)23-19(28)15-25-10-12-26(13-11-25)21(29)18-9-6-14-31-18/h3-9,14H,10-13,15H2,1-2H3,(H,23,28)/p+1. The highest BCUT2D eigenvalue weighted by Gasteiger charge is 2.28. The summed E-state index contributed by atoms with van der Waals surface area (Å²) in [7, 11) is 1.79. The van der Waals surface area contributed by atoms with Crippen LogP contribution in [0.1, 0.15) is 16.2 Å². The van der Waals surface area contributed by atoms with Crippen molar-refractivity contribution in [3.63, 3.8) is 0 Å². The molecular weight excluding hydrogens is 398 g/mol. The second-order valence-corrected chi connectivity index (χ2v) is 7.68. The van der Waals surface area contributed by atoms with Crippen molar-refractivity contribution in [2.24, 2.45) is 7.05 Å². The zero-order valence-corrected chi connectivity index (χ0v) is 17.6. The van der Waals surface area contributed by atoms with E-state index in [-0.39, 0.29) is 23.9 Å². The largest absolute Gasteiger partial charge is 0.459 e. The predicted octanol–water partition coefficient (Wildman–Crippen LogP) is 0.0568. The molecule has 1 aliphatic rings. The fraction of sp³-hybridized carbons (Fsp3) is 0.318. The number of para-hydroxylation sites is 1. The molecule has 9 nitrogen and oxygen atoms in total. The molecular formula is C22H26N5O4+. The summed E-state index contributed by atoms with van der Waals surface area (Å²) in [4.78, 5) is 40.8. The van der Waals surface area contributed by atoms with Crippen LogP contribution in [0.4, 0.5) is 5.69 Å². The van der Waals surface area contributed by atoms with Gasteiger partial charge in [0.15, 0.2) is 12.3 Å². The third-order valence-electron chi connectivity index (χ3n) is 5.72. The number of anilines is 1. The SMILES string of the molecule is Cc1c(NC(=O)C[NH+]2CCN(C(=O)c3ccco3)CC2)c(=O)n(-c2ccccc2)n1C. The van der Waals surface area contributed by atoms with Crippen molar-refractivity contribution >= 4 is 17.5 Å². The number of quaternary nitrogens is 1. The fourth-order valence-electron chi connectivity index (χ4n) is 3.88. The van der Waals surface area contributed by atoms with E-state index in [1.165, 1.54) is 10.9 Å². The molecule has 1 aliphatic heterocycles. The van der Waals surface area contributed by atoms with E-state index in [4.69, 9.17) is 4.42 Å². The van der Waals surface area contributed by atoms with Crippen molar-refractivity contribution in [3.05, 3.63) is 70.5 Å². The van der Waals surface area contributed by atoms with Crippen molar-refractivity contribution in [2.75, 3.05) is 38.0 Å². The number of nitrogens with one attached hydrogen (secondary N) is 2. The van der Waals surface area contributed by atoms with E-state index in [1.54, 1.807) is 28.8 Å². The Hall–Kier alpha value is -3.59. The van der Waals surface area contributed by atoms with Gasteiger partial charge in [-0.05, 0) is 31.2 Å². The van der Waals surface area contributed by atoms with Crippen LogP contribution in [0.5, 0.6) is 0 Å². The Kier molecular flexibility index (Phi) is 5.77. The highest BCUT2D eigenvalue weighted by molar-refractivity contribution is 5.92.